The van der Waals surface area contributed by atoms with E-state index in [2.05, 4.69) is 58.0 Å². The molecule has 0 unspecified atom stereocenters. The van der Waals surface area contributed by atoms with Crippen LogP contribution in [0.4, 0.5) is 11.4 Å². The molecule has 2 saturated heterocycles. The van der Waals surface area contributed by atoms with Crippen molar-refractivity contribution in [2.75, 3.05) is 90.5 Å². The van der Waals surface area contributed by atoms with Crippen LogP contribution in [0.5, 0.6) is 11.5 Å². The number of piperazine rings is 2. The number of benzene rings is 3. The van der Waals surface area contributed by atoms with Crippen molar-refractivity contribution < 1.29 is 14.3 Å². The third-order valence-electron chi connectivity index (χ3n) is 8.02. The molecule has 2 aliphatic heterocycles. The van der Waals surface area contributed by atoms with Crippen molar-refractivity contribution in [3.05, 3.63) is 77.9 Å². The van der Waals surface area contributed by atoms with E-state index in [4.69, 9.17) is 9.47 Å². The number of para-hydroxylation sites is 1. The number of ketones is 1. The number of likely N-dealkylation sites (N-methyl/N-ethyl adjacent to an activating group) is 2. The average Bonchev–Trinajstić information content (AvgIpc) is 3.00. The highest BCUT2D eigenvalue weighted by Crippen LogP contribution is 2.34. The van der Waals surface area contributed by atoms with Gasteiger partial charge in [0.05, 0.1) is 19.9 Å². The first kappa shape index (κ1) is 27.7. The van der Waals surface area contributed by atoms with Crippen LogP contribution in [0.3, 0.4) is 0 Å². The standard InChI is InChI=1S/C33H40N4O3/c1-34-15-19-36(20-16-34)30-13-9-25(28-7-5-6-8-33(28)40-4)23-26(30)10-14-32(38)29-12-11-27(39-3)24-31(29)37-21-17-35(2)18-22-37/h5-14,23-24H,15-22H2,1-4H3. The molecule has 0 radical (unpaired) electrons. The van der Waals surface area contributed by atoms with E-state index in [1.165, 1.54) is 0 Å². The first-order chi connectivity index (χ1) is 19.5. The van der Waals surface area contributed by atoms with Crippen LogP contribution < -0.4 is 19.3 Å². The van der Waals surface area contributed by atoms with Gasteiger partial charge in [-0.15, -0.1) is 0 Å². The number of allylic oxidation sites excluding steroid dienone is 1. The lowest BCUT2D eigenvalue weighted by molar-refractivity contribution is 0.104. The number of anilines is 2. The molecule has 0 atom stereocenters. The normalized spacial score (nSPS) is 16.9. The van der Waals surface area contributed by atoms with Crippen molar-refractivity contribution in [3.8, 4) is 22.6 Å². The smallest absolute Gasteiger partial charge is 0.187 e. The average molecular weight is 541 g/mol. The molecule has 0 spiro atoms. The summed E-state index contributed by atoms with van der Waals surface area (Å²) >= 11 is 0. The molecule has 7 heteroatoms. The van der Waals surface area contributed by atoms with Gasteiger partial charge in [-0.3, -0.25) is 4.79 Å². The predicted octanol–water partition coefficient (Wildman–Crippen LogP) is 4.77. The van der Waals surface area contributed by atoms with Gasteiger partial charge < -0.3 is 29.1 Å². The minimum Gasteiger partial charge on any atom is -0.497 e. The summed E-state index contributed by atoms with van der Waals surface area (Å²) in [6.45, 7) is 7.60. The van der Waals surface area contributed by atoms with Crippen molar-refractivity contribution >= 4 is 23.2 Å². The summed E-state index contributed by atoms with van der Waals surface area (Å²) in [7, 11) is 7.66. The van der Waals surface area contributed by atoms with Crippen LogP contribution in [0.15, 0.2) is 66.7 Å². The van der Waals surface area contributed by atoms with Crippen LogP contribution in [0.25, 0.3) is 17.2 Å². The first-order valence-corrected chi connectivity index (χ1v) is 14.0. The van der Waals surface area contributed by atoms with E-state index in [1.807, 2.05) is 42.5 Å². The van der Waals surface area contributed by atoms with E-state index in [9.17, 15) is 4.79 Å². The Morgan fingerprint density at radius 1 is 0.725 bits per heavy atom. The lowest BCUT2D eigenvalue weighted by Crippen LogP contribution is -2.45. The molecule has 210 valence electrons. The molecule has 0 saturated carbocycles. The maximum Gasteiger partial charge on any atom is 0.187 e. The fourth-order valence-electron chi connectivity index (χ4n) is 5.49. The number of rotatable bonds is 8. The van der Waals surface area contributed by atoms with Gasteiger partial charge in [0.2, 0.25) is 0 Å². The second kappa shape index (κ2) is 12.6. The number of methoxy groups -OCH3 is 2. The Labute approximate surface area is 238 Å². The predicted molar refractivity (Wildman–Crippen MR) is 164 cm³/mol. The van der Waals surface area contributed by atoms with Gasteiger partial charge in [0, 0.05) is 75.2 Å². The summed E-state index contributed by atoms with van der Waals surface area (Å²) in [5, 5.41) is 0. The molecule has 3 aromatic carbocycles. The molecule has 40 heavy (non-hydrogen) atoms. The van der Waals surface area contributed by atoms with Gasteiger partial charge in [-0.05, 0) is 67.7 Å². The van der Waals surface area contributed by atoms with E-state index in [1.54, 1.807) is 20.3 Å². The van der Waals surface area contributed by atoms with Crippen molar-refractivity contribution in [1.29, 1.82) is 0 Å². The first-order valence-electron chi connectivity index (χ1n) is 14.0. The molecular weight excluding hydrogens is 500 g/mol. The topological polar surface area (TPSA) is 48.5 Å². The zero-order valence-electron chi connectivity index (χ0n) is 24.1. The maximum atomic E-state index is 13.7. The fourth-order valence-corrected chi connectivity index (χ4v) is 5.49. The molecule has 2 fully saturated rings. The molecule has 5 rings (SSSR count). The molecule has 7 nitrogen and oxygen atoms in total. The van der Waals surface area contributed by atoms with Crippen molar-refractivity contribution in [2.45, 2.75) is 0 Å². The van der Waals surface area contributed by atoms with Gasteiger partial charge >= 0.3 is 0 Å². The summed E-state index contributed by atoms with van der Waals surface area (Å²) in [4.78, 5) is 23.1. The van der Waals surface area contributed by atoms with E-state index < -0.39 is 0 Å². The second-order valence-corrected chi connectivity index (χ2v) is 10.6. The van der Waals surface area contributed by atoms with Crippen molar-refractivity contribution in [3.63, 3.8) is 0 Å². The van der Waals surface area contributed by atoms with Crippen molar-refractivity contribution in [1.82, 2.24) is 9.80 Å². The highest BCUT2D eigenvalue weighted by molar-refractivity contribution is 6.11. The molecule has 0 N–H and O–H groups in total. The monoisotopic (exact) mass is 540 g/mol. The van der Waals surface area contributed by atoms with Crippen LogP contribution >= 0.6 is 0 Å². The van der Waals surface area contributed by atoms with Crippen LogP contribution in [-0.2, 0) is 0 Å². The minimum atomic E-state index is -0.0106. The second-order valence-electron chi connectivity index (χ2n) is 10.6. The Balaban J connectivity index is 1.50. The molecule has 0 bridgehead atoms. The summed E-state index contributed by atoms with van der Waals surface area (Å²) in [5.74, 6) is 1.58. The van der Waals surface area contributed by atoms with Gasteiger partial charge in [-0.2, -0.15) is 0 Å². The SMILES string of the molecule is COc1ccc(C(=O)C=Cc2cc(-c3ccccc3OC)ccc2N2CCN(C)CC2)c(N2CCN(C)CC2)c1. The minimum absolute atomic E-state index is 0.0106. The molecule has 0 amide bonds. The zero-order valence-corrected chi connectivity index (χ0v) is 24.1. The Kier molecular flexibility index (Phi) is 8.72. The van der Waals surface area contributed by atoms with Crippen LogP contribution in [0.1, 0.15) is 15.9 Å². The largest absolute Gasteiger partial charge is 0.497 e. The quantitative estimate of drug-likeness (QED) is 0.301. The molecule has 2 heterocycles. The van der Waals surface area contributed by atoms with Gasteiger partial charge in [0.1, 0.15) is 11.5 Å². The number of nitrogens with zero attached hydrogens (tertiary/aromatic N) is 4. The van der Waals surface area contributed by atoms with E-state index >= 15 is 0 Å². The van der Waals surface area contributed by atoms with Crippen LogP contribution in [-0.4, -0.2) is 96.3 Å². The summed E-state index contributed by atoms with van der Waals surface area (Å²) in [6, 6.07) is 20.3. The van der Waals surface area contributed by atoms with E-state index in [0.29, 0.717) is 5.56 Å². The van der Waals surface area contributed by atoms with Crippen molar-refractivity contribution in [2.24, 2.45) is 0 Å². The van der Waals surface area contributed by atoms with Gasteiger partial charge in [0.15, 0.2) is 5.78 Å². The number of carbonyl (C=O) groups excluding carboxylic acids is 1. The van der Waals surface area contributed by atoms with Crippen LogP contribution in [0.2, 0.25) is 0 Å². The Hall–Kier alpha value is -3.81. The van der Waals surface area contributed by atoms with Gasteiger partial charge in [0.25, 0.3) is 0 Å². The van der Waals surface area contributed by atoms with Gasteiger partial charge in [-0.25, -0.2) is 0 Å². The summed E-state index contributed by atoms with van der Waals surface area (Å²) in [6.07, 6.45) is 3.70. The molecule has 3 aromatic rings. The summed E-state index contributed by atoms with van der Waals surface area (Å²) in [5.41, 5.74) is 5.89. The van der Waals surface area contributed by atoms with E-state index in [-0.39, 0.29) is 5.78 Å². The van der Waals surface area contributed by atoms with Crippen LogP contribution in [0, 0.1) is 0 Å². The zero-order chi connectivity index (χ0) is 28.1. The third-order valence-corrected chi connectivity index (χ3v) is 8.02. The molecule has 2 aliphatic rings. The fraction of sp³-hybridized carbons (Fsp3) is 0.364. The number of carbonyl (C=O) groups is 1. The number of ether oxygens (including phenoxy) is 2. The number of hydrogen-bond donors (Lipinski definition) is 0. The lowest BCUT2D eigenvalue weighted by atomic mass is 9.99. The highest BCUT2D eigenvalue weighted by atomic mass is 16.5. The van der Waals surface area contributed by atoms with E-state index in [0.717, 1.165) is 91.9 Å². The lowest BCUT2D eigenvalue weighted by Gasteiger charge is -2.35. The molecule has 0 aliphatic carbocycles. The molecular formula is C33H40N4O3. The Morgan fingerprint density at radius 2 is 1.38 bits per heavy atom. The summed E-state index contributed by atoms with van der Waals surface area (Å²) < 4.78 is 11.2. The van der Waals surface area contributed by atoms with Gasteiger partial charge in [-0.1, -0.05) is 24.3 Å². The maximum absolute atomic E-state index is 13.7. The Morgan fingerprint density at radius 3 is 2.02 bits per heavy atom. The third kappa shape index (κ3) is 6.16. The molecule has 0 aromatic heterocycles. The Bertz CT molecular complexity index is 1360. The highest BCUT2D eigenvalue weighted by Gasteiger charge is 2.21. The number of hydrogen-bond acceptors (Lipinski definition) is 7.